The predicted molar refractivity (Wildman–Crippen MR) is 82.4 cm³/mol. The van der Waals surface area contributed by atoms with Gasteiger partial charge in [-0.3, -0.25) is 14.5 Å². The second-order valence-corrected chi connectivity index (χ2v) is 6.15. The van der Waals surface area contributed by atoms with E-state index in [4.69, 9.17) is 0 Å². The molecule has 1 amide bonds. The van der Waals surface area contributed by atoms with E-state index in [9.17, 15) is 14.7 Å². The highest BCUT2D eigenvalue weighted by Crippen LogP contribution is 2.20. The van der Waals surface area contributed by atoms with Gasteiger partial charge in [0.15, 0.2) is 0 Å². The molecule has 5 heteroatoms. The van der Waals surface area contributed by atoms with Gasteiger partial charge in [-0.1, -0.05) is 30.7 Å². The first kappa shape index (κ1) is 15.0. The molecule has 22 heavy (non-hydrogen) atoms. The van der Waals surface area contributed by atoms with Crippen molar-refractivity contribution in [2.24, 2.45) is 0 Å². The van der Waals surface area contributed by atoms with Crippen molar-refractivity contribution >= 4 is 11.9 Å². The lowest BCUT2D eigenvalue weighted by Crippen LogP contribution is -2.50. The number of fused-ring (bicyclic) bond motifs is 1. The number of hydrogen-bond acceptors (Lipinski definition) is 3. The van der Waals surface area contributed by atoms with Crippen molar-refractivity contribution in [3.05, 3.63) is 35.4 Å². The highest BCUT2D eigenvalue weighted by molar-refractivity contribution is 5.80. The number of carboxylic acid groups (broad SMARTS) is 1. The summed E-state index contributed by atoms with van der Waals surface area (Å²) in [7, 11) is 0. The van der Waals surface area contributed by atoms with Crippen LogP contribution >= 0.6 is 0 Å². The van der Waals surface area contributed by atoms with Crippen molar-refractivity contribution in [1.29, 1.82) is 0 Å². The molecule has 1 fully saturated rings. The maximum absolute atomic E-state index is 12.5. The first-order chi connectivity index (χ1) is 10.6. The van der Waals surface area contributed by atoms with Gasteiger partial charge >= 0.3 is 5.97 Å². The summed E-state index contributed by atoms with van der Waals surface area (Å²) in [6, 6.07) is 7.70. The van der Waals surface area contributed by atoms with Gasteiger partial charge in [-0.2, -0.15) is 0 Å². The zero-order chi connectivity index (χ0) is 15.5. The number of benzene rings is 1. The monoisotopic (exact) mass is 302 g/mol. The van der Waals surface area contributed by atoms with E-state index in [1.54, 1.807) is 0 Å². The molecule has 5 nitrogen and oxygen atoms in total. The lowest BCUT2D eigenvalue weighted by molar-refractivity contribution is -0.146. The summed E-state index contributed by atoms with van der Waals surface area (Å²) in [5, 5.41) is 9.30. The molecule has 0 saturated carbocycles. The summed E-state index contributed by atoms with van der Waals surface area (Å²) in [6.07, 6.45) is 3.42. The molecule has 1 aromatic carbocycles. The Morgan fingerprint density at radius 1 is 1.14 bits per heavy atom. The number of piperidine rings is 1. The number of carbonyl (C=O) groups is 2. The van der Waals surface area contributed by atoms with Crippen LogP contribution in [-0.2, 0) is 22.6 Å². The quantitative estimate of drug-likeness (QED) is 0.919. The van der Waals surface area contributed by atoms with Gasteiger partial charge < -0.3 is 10.0 Å². The lowest BCUT2D eigenvalue weighted by Gasteiger charge is -2.35. The minimum Gasteiger partial charge on any atom is -0.480 e. The van der Waals surface area contributed by atoms with E-state index in [0.717, 1.165) is 25.8 Å². The van der Waals surface area contributed by atoms with Crippen LogP contribution in [-0.4, -0.2) is 52.5 Å². The van der Waals surface area contributed by atoms with Crippen molar-refractivity contribution in [3.63, 3.8) is 0 Å². The van der Waals surface area contributed by atoms with Crippen molar-refractivity contribution < 1.29 is 14.7 Å². The standard InChI is InChI=1S/C17H22N2O3/c20-16(12-18-9-4-3-7-15(18)17(21)22)19-10-8-13-5-1-2-6-14(13)11-19/h1-2,5-6,15H,3-4,7-12H2,(H,21,22). The van der Waals surface area contributed by atoms with E-state index in [2.05, 4.69) is 12.1 Å². The van der Waals surface area contributed by atoms with E-state index in [0.29, 0.717) is 19.5 Å². The van der Waals surface area contributed by atoms with Gasteiger partial charge in [0.05, 0.1) is 6.54 Å². The van der Waals surface area contributed by atoms with Crippen molar-refractivity contribution in [1.82, 2.24) is 9.80 Å². The summed E-state index contributed by atoms with van der Waals surface area (Å²) in [5.41, 5.74) is 2.52. The molecule has 0 aromatic heterocycles. The number of hydrogen-bond donors (Lipinski definition) is 1. The molecule has 118 valence electrons. The minimum atomic E-state index is -0.809. The second kappa shape index (κ2) is 6.48. The topological polar surface area (TPSA) is 60.9 Å². The molecule has 1 atom stereocenters. The fourth-order valence-corrected chi connectivity index (χ4v) is 3.44. The predicted octanol–water partition coefficient (Wildman–Crippen LogP) is 1.51. The highest BCUT2D eigenvalue weighted by atomic mass is 16.4. The third kappa shape index (κ3) is 3.14. The average molecular weight is 302 g/mol. The van der Waals surface area contributed by atoms with Crippen molar-refractivity contribution in [2.75, 3.05) is 19.6 Å². The molecule has 0 radical (unpaired) electrons. The molecule has 1 aromatic rings. The molecule has 0 spiro atoms. The van der Waals surface area contributed by atoms with Gasteiger partial charge in [0.25, 0.3) is 0 Å². The molecule has 0 bridgehead atoms. The van der Waals surface area contributed by atoms with Crippen LogP contribution in [0.2, 0.25) is 0 Å². The molecule has 2 heterocycles. The lowest BCUT2D eigenvalue weighted by atomic mass is 9.99. The van der Waals surface area contributed by atoms with Gasteiger partial charge in [0, 0.05) is 13.1 Å². The molecule has 2 aliphatic rings. The minimum absolute atomic E-state index is 0.0441. The van der Waals surface area contributed by atoms with Crippen LogP contribution < -0.4 is 0 Å². The van der Waals surface area contributed by atoms with Crippen LogP contribution in [0.25, 0.3) is 0 Å². The van der Waals surface area contributed by atoms with Gasteiger partial charge in [-0.25, -0.2) is 0 Å². The number of carbonyl (C=O) groups excluding carboxylic acids is 1. The Hall–Kier alpha value is -1.88. The van der Waals surface area contributed by atoms with Gasteiger partial charge in [-0.15, -0.1) is 0 Å². The van der Waals surface area contributed by atoms with E-state index >= 15 is 0 Å². The van der Waals surface area contributed by atoms with Crippen LogP contribution in [0.4, 0.5) is 0 Å². The largest absolute Gasteiger partial charge is 0.480 e. The van der Waals surface area contributed by atoms with Gasteiger partial charge in [-0.05, 0) is 36.9 Å². The molecule has 3 rings (SSSR count). The first-order valence-corrected chi connectivity index (χ1v) is 7.96. The number of carboxylic acids is 1. The Labute approximate surface area is 130 Å². The summed E-state index contributed by atoms with van der Waals surface area (Å²) in [6.45, 7) is 2.29. The van der Waals surface area contributed by atoms with Crippen LogP contribution in [0.3, 0.4) is 0 Å². The molecular weight excluding hydrogens is 280 g/mol. The SMILES string of the molecule is O=C(O)C1CCCCN1CC(=O)N1CCc2ccccc2C1. The maximum Gasteiger partial charge on any atom is 0.320 e. The van der Waals surface area contributed by atoms with Crippen LogP contribution in [0.1, 0.15) is 30.4 Å². The molecule has 1 N–H and O–H groups in total. The Bertz CT molecular complexity index is 573. The van der Waals surface area contributed by atoms with Crippen LogP contribution in [0.5, 0.6) is 0 Å². The molecular formula is C17H22N2O3. The van der Waals surface area contributed by atoms with Gasteiger partial charge in [0.2, 0.25) is 5.91 Å². The van der Waals surface area contributed by atoms with E-state index < -0.39 is 12.0 Å². The van der Waals surface area contributed by atoms with Crippen molar-refractivity contribution in [2.45, 2.75) is 38.3 Å². The molecule has 1 unspecified atom stereocenters. The fourth-order valence-electron chi connectivity index (χ4n) is 3.44. The van der Waals surface area contributed by atoms with E-state index in [1.807, 2.05) is 21.9 Å². The summed E-state index contributed by atoms with van der Waals surface area (Å²) >= 11 is 0. The maximum atomic E-state index is 12.5. The summed E-state index contributed by atoms with van der Waals surface area (Å²) in [5.74, 6) is -0.765. The number of rotatable bonds is 3. The molecule has 0 aliphatic carbocycles. The normalized spacial score (nSPS) is 22.2. The number of likely N-dealkylation sites (tertiary alicyclic amines) is 1. The summed E-state index contributed by atoms with van der Waals surface area (Å²) in [4.78, 5) is 27.5. The first-order valence-electron chi connectivity index (χ1n) is 7.96. The highest BCUT2D eigenvalue weighted by Gasteiger charge is 2.31. The zero-order valence-corrected chi connectivity index (χ0v) is 12.7. The Morgan fingerprint density at radius 3 is 2.68 bits per heavy atom. The fraction of sp³-hybridized carbons (Fsp3) is 0.529. The van der Waals surface area contributed by atoms with E-state index in [1.165, 1.54) is 11.1 Å². The number of nitrogens with zero attached hydrogens (tertiary/aromatic N) is 2. The van der Waals surface area contributed by atoms with E-state index in [-0.39, 0.29) is 12.5 Å². The zero-order valence-electron chi connectivity index (χ0n) is 12.7. The van der Waals surface area contributed by atoms with Gasteiger partial charge in [0.1, 0.15) is 6.04 Å². The average Bonchev–Trinajstić information content (AvgIpc) is 2.54. The van der Waals surface area contributed by atoms with Crippen molar-refractivity contribution in [3.8, 4) is 0 Å². The van der Waals surface area contributed by atoms with Crippen LogP contribution in [0.15, 0.2) is 24.3 Å². The Kier molecular flexibility index (Phi) is 4.43. The number of aliphatic carboxylic acids is 1. The van der Waals surface area contributed by atoms with Crippen LogP contribution in [0, 0.1) is 0 Å². The summed E-state index contributed by atoms with van der Waals surface area (Å²) < 4.78 is 0. The second-order valence-electron chi connectivity index (χ2n) is 6.15. The molecule has 1 saturated heterocycles. The Balaban J connectivity index is 1.64. The Morgan fingerprint density at radius 2 is 1.91 bits per heavy atom. The third-order valence-electron chi connectivity index (χ3n) is 4.72. The smallest absolute Gasteiger partial charge is 0.320 e. The molecule has 2 aliphatic heterocycles. The third-order valence-corrected chi connectivity index (χ3v) is 4.72. The number of amides is 1.